The third kappa shape index (κ3) is 6.04. The van der Waals surface area contributed by atoms with Gasteiger partial charge < -0.3 is 15.2 Å². The summed E-state index contributed by atoms with van der Waals surface area (Å²) in [5, 5.41) is 11.7. The number of carbonyl (C=O) groups excluding carboxylic acids is 1. The zero-order valence-corrected chi connectivity index (χ0v) is 14.4. The molecule has 2 unspecified atom stereocenters. The lowest BCUT2D eigenvalue weighted by Gasteiger charge is -2.14. The van der Waals surface area contributed by atoms with Crippen LogP contribution < -0.4 is 5.32 Å². The molecule has 2 rings (SSSR count). The monoisotopic (exact) mass is 341 g/mol. The van der Waals surface area contributed by atoms with E-state index in [-0.39, 0.29) is 5.91 Å². The number of amides is 1. The molecule has 0 aromatic heterocycles. The third-order valence-electron chi connectivity index (χ3n) is 3.90. The van der Waals surface area contributed by atoms with Crippen LogP contribution in [0.5, 0.6) is 0 Å². The fourth-order valence-corrected chi connectivity index (χ4v) is 2.28. The molecule has 2 aromatic carbocycles. The molecule has 5 heteroatoms. The molecule has 25 heavy (non-hydrogen) atoms. The Kier molecular flexibility index (Phi) is 6.71. The lowest BCUT2D eigenvalue weighted by atomic mass is 10.0. The number of hydrogen-bond donors (Lipinski definition) is 2. The largest absolute Gasteiger partial charge is 0.481 e. The van der Waals surface area contributed by atoms with E-state index >= 15 is 0 Å². The average molecular weight is 341 g/mol. The highest BCUT2D eigenvalue weighted by Gasteiger charge is 2.14. The van der Waals surface area contributed by atoms with Gasteiger partial charge in [0.2, 0.25) is 0 Å². The molecule has 0 aliphatic heterocycles. The summed E-state index contributed by atoms with van der Waals surface area (Å²) in [6.45, 7) is 3.76. The minimum atomic E-state index is -0.818. The van der Waals surface area contributed by atoms with E-state index in [1.807, 2.05) is 42.5 Å². The van der Waals surface area contributed by atoms with Crippen LogP contribution in [-0.2, 0) is 27.4 Å². The molecule has 0 saturated heterocycles. The minimum absolute atomic E-state index is 0.220. The normalized spacial score (nSPS) is 13.0. The first-order chi connectivity index (χ1) is 12.0. The van der Waals surface area contributed by atoms with E-state index in [1.54, 1.807) is 26.0 Å². The molecule has 2 atom stereocenters. The van der Waals surface area contributed by atoms with Gasteiger partial charge in [-0.05, 0) is 36.6 Å². The summed E-state index contributed by atoms with van der Waals surface area (Å²) in [5.74, 6) is -1.48. The van der Waals surface area contributed by atoms with Crippen molar-refractivity contribution < 1.29 is 19.4 Å². The maximum Gasteiger partial charge on any atom is 0.306 e. The summed E-state index contributed by atoms with van der Waals surface area (Å²) in [6, 6.07) is 16.9. The zero-order valence-electron chi connectivity index (χ0n) is 14.4. The van der Waals surface area contributed by atoms with Crippen LogP contribution in [-0.4, -0.2) is 23.1 Å². The quantitative estimate of drug-likeness (QED) is 0.770. The lowest BCUT2D eigenvalue weighted by Crippen LogP contribution is -2.27. The fraction of sp³-hybridized carbons (Fsp3) is 0.300. The van der Waals surface area contributed by atoms with Crippen LogP contribution in [0.15, 0.2) is 54.6 Å². The molecule has 0 fully saturated rings. The molecule has 0 saturated carbocycles. The minimum Gasteiger partial charge on any atom is -0.481 e. The molecule has 0 aliphatic carbocycles. The van der Waals surface area contributed by atoms with Crippen molar-refractivity contribution in [2.75, 3.05) is 5.32 Å². The molecular formula is C20H23NO4. The summed E-state index contributed by atoms with van der Waals surface area (Å²) in [4.78, 5) is 23.1. The number of ether oxygens (including phenoxy) is 1. The van der Waals surface area contributed by atoms with Gasteiger partial charge in [0.15, 0.2) is 0 Å². The molecule has 2 aromatic rings. The number of rotatable bonds is 8. The van der Waals surface area contributed by atoms with E-state index < -0.39 is 18.0 Å². The topological polar surface area (TPSA) is 75.6 Å². The van der Waals surface area contributed by atoms with Crippen LogP contribution in [0.2, 0.25) is 0 Å². The van der Waals surface area contributed by atoms with Crippen LogP contribution in [0.25, 0.3) is 0 Å². The zero-order chi connectivity index (χ0) is 18.2. The van der Waals surface area contributed by atoms with Crippen LogP contribution in [0.4, 0.5) is 5.69 Å². The van der Waals surface area contributed by atoms with Gasteiger partial charge in [-0.1, -0.05) is 49.4 Å². The van der Waals surface area contributed by atoms with Crippen LogP contribution in [0.3, 0.4) is 0 Å². The van der Waals surface area contributed by atoms with Gasteiger partial charge in [0.25, 0.3) is 5.91 Å². The van der Waals surface area contributed by atoms with E-state index in [4.69, 9.17) is 9.84 Å². The predicted octanol–water partition coefficient (Wildman–Crippen LogP) is 3.49. The maximum atomic E-state index is 12.2. The average Bonchev–Trinajstić information content (AvgIpc) is 2.62. The van der Waals surface area contributed by atoms with Crippen molar-refractivity contribution in [3.05, 3.63) is 65.7 Å². The first-order valence-corrected chi connectivity index (χ1v) is 8.24. The van der Waals surface area contributed by atoms with E-state index in [1.165, 1.54) is 0 Å². The predicted molar refractivity (Wildman–Crippen MR) is 96.3 cm³/mol. The summed E-state index contributed by atoms with van der Waals surface area (Å²) in [5.41, 5.74) is 2.59. The number of carboxylic acid groups (broad SMARTS) is 1. The highest BCUT2D eigenvalue weighted by Crippen LogP contribution is 2.14. The van der Waals surface area contributed by atoms with Crippen molar-refractivity contribution in [1.82, 2.24) is 0 Å². The molecule has 1 amide bonds. The fourth-order valence-electron chi connectivity index (χ4n) is 2.28. The van der Waals surface area contributed by atoms with Crippen molar-refractivity contribution in [1.29, 1.82) is 0 Å². The first kappa shape index (κ1) is 18.7. The molecule has 0 aliphatic rings. The summed E-state index contributed by atoms with van der Waals surface area (Å²) >= 11 is 0. The van der Waals surface area contributed by atoms with Crippen molar-refractivity contribution >= 4 is 17.6 Å². The standard InChI is InChI=1S/C20H23NO4/c1-14(20(23)24)12-16-8-10-18(11-9-16)21-19(22)15(2)25-13-17-6-4-3-5-7-17/h3-11,14-15H,12-13H2,1-2H3,(H,21,22)(H,23,24). The van der Waals surface area contributed by atoms with E-state index in [0.29, 0.717) is 18.7 Å². The summed E-state index contributed by atoms with van der Waals surface area (Å²) < 4.78 is 5.59. The SMILES string of the molecule is CC(Cc1ccc(NC(=O)C(C)OCc2ccccc2)cc1)C(=O)O. The van der Waals surface area contributed by atoms with E-state index in [2.05, 4.69) is 5.32 Å². The number of anilines is 1. The molecule has 0 radical (unpaired) electrons. The Labute approximate surface area is 147 Å². The third-order valence-corrected chi connectivity index (χ3v) is 3.90. The van der Waals surface area contributed by atoms with Crippen molar-refractivity contribution in [2.24, 2.45) is 5.92 Å². The Morgan fingerprint density at radius 3 is 2.24 bits per heavy atom. The second-order valence-electron chi connectivity index (χ2n) is 6.07. The number of carboxylic acids is 1. The second kappa shape index (κ2) is 8.99. The van der Waals surface area contributed by atoms with Gasteiger partial charge >= 0.3 is 5.97 Å². The van der Waals surface area contributed by atoms with Gasteiger partial charge in [0, 0.05) is 5.69 Å². The molecular weight excluding hydrogens is 318 g/mol. The van der Waals surface area contributed by atoms with Gasteiger partial charge in [-0.25, -0.2) is 0 Å². The lowest BCUT2D eigenvalue weighted by molar-refractivity contribution is -0.141. The molecule has 132 valence electrons. The number of hydrogen-bond acceptors (Lipinski definition) is 3. The van der Waals surface area contributed by atoms with Crippen LogP contribution >= 0.6 is 0 Å². The number of carbonyl (C=O) groups is 2. The van der Waals surface area contributed by atoms with Gasteiger partial charge in [-0.15, -0.1) is 0 Å². The molecule has 0 heterocycles. The van der Waals surface area contributed by atoms with Crippen molar-refractivity contribution in [3.63, 3.8) is 0 Å². The van der Waals surface area contributed by atoms with Gasteiger partial charge in [0.05, 0.1) is 12.5 Å². The van der Waals surface area contributed by atoms with Crippen LogP contribution in [0.1, 0.15) is 25.0 Å². The Balaban J connectivity index is 1.84. The summed E-state index contributed by atoms with van der Waals surface area (Å²) in [6.07, 6.45) is -0.118. The van der Waals surface area contributed by atoms with E-state index in [0.717, 1.165) is 11.1 Å². The summed E-state index contributed by atoms with van der Waals surface area (Å²) in [7, 11) is 0. The number of nitrogens with one attached hydrogen (secondary N) is 1. The number of aliphatic carboxylic acids is 1. The van der Waals surface area contributed by atoms with Gasteiger partial charge in [-0.2, -0.15) is 0 Å². The Morgan fingerprint density at radius 2 is 1.64 bits per heavy atom. The molecule has 0 spiro atoms. The Bertz CT molecular complexity index is 697. The van der Waals surface area contributed by atoms with Crippen molar-refractivity contribution in [3.8, 4) is 0 Å². The highest BCUT2D eigenvalue weighted by atomic mass is 16.5. The molecule has 0 bridgehead atoms. The first-order valence-electron chi connectivity index (χ1n) is 8.24. The van der Waals surface area contributed by atoms with Crippen LogP contribution in [0, 0.1) is 5.92 Å². The second-order valence-corrected chi connectivity index (χ2v) is 6.07. The van der Waals surface area contributed by atoms with E-state index in [9.17, 15) is 9.59 Å². The molecule has 5 nitrogen and oxygen atoms in total. The van der Waals surface area contributed by atoms with Gasteiger partial charge in [0.1, 0.15) is 6.10 Å². The highest BCUT2D eigenvalue weighted by molar-refractivity contribution is 5.93. The maximum absolute atomic E-state index is 12.2. The number of benzene rings is 2. The van der Waals surface area contributed by atoms with Gasteiger partial charge in [-0.3, -0.25) is 9.59 Å². The van der Waals surface area contributed by atoms with Crippen molar-refractivity contribution in [2.45, 2.75) is 33.0 Å². The Hall–Kier alpha value is -2.66. The Morgan fingerprint density at radius 1 is 1.00 bits per heavy atom. The smallest absolute Gasteiger partial charge is 0.306 e. The molecule has 2 N–H and O–H groups in total.